The van der Waals surface area contributed by atoms with Crippen LogP contribution in [-0.4, -0.2) is 38.4 Å². The molecule has 0 saturated carbocycles. The van der Waals surface area contributed by atoms with Crippen molar-refractivity contribution >= 4 is 27.8 Å². The number of hydrogen-bond acceptors (Lipinski definition) is 3. The van der Waals surface area contributed by atoms with E-state index in [1.54, 1.807) is 0 Å². The molecule has 1 aliphatic heterocycles. The van der Waals surface area contributed by atoms with Gasteiger partial charge < -0.3 is 9.47 Å². The molecule has 5 nitrogen and oxygen atoms in total. The topological polar surface area (TPSA) is 51.0 Å². The number of hydrogen-bond donors (Lipinski definition) is 0. The van der Waals surface area contributed by atoms with E-state index in [4.69, 9.17) is 0 Å². The average Bonchev–Trinajstić information content (AvgIpc) is 3.34. The standard InChI is InChI=1S/C23H22N4O/c28-22-8-4-11-26(22)12-5-13-27-16-25-21-15-24-20-14-18(9-10-19(20)23(21)27)17-6-2-1-3-7-17/h1-3,6-7,9-10,14-16H,4-5,8,11-13H2. The molecular weight excluding hydrogens is 348 g/mol. The normalized spacial score (nSPS) is 14.4. The lowest BCUT2D eigenvalue weighted by Crippen LogP contribution is -2.26. The molecule has 28 heavy (non-hydrogen) atoms. The number of aromatic nitrogens is 3. The van der Waals surface area contributed by atoms with Crippen LogP contribution in [0.25, 0.3) is 33.1 Å². The summed E-state index contributed by atoms with van der Waals surface area (Å²) in [5.41, 5.74) is 5.37. The highest BCUT2D eigenvalue weighted by atomic mass is 16.2. The quantitative estimate of drug-likeness (QED) is 0.527. The number of aryl methyl sites for hydroxylation is 1. The maximum absolute atomic E-state index is 11.8. The maximum atomic E-state index is 11.8. The second-order valence-corrected chi connectivity index (χ2v) is 7.37. The Bertz CT molecular complexity index is 1150. The zero-order valence-electron chi connectivity index (χ0n) is 15.7. The van der Waals surface area contributed by atoms with E-state index in [0.29, 0.717) is 12.3 Å². The molecule has 0 aliphatic carbocycles. The largest absolute Gasteiger partial charge is 0.343 e. The fourth-order valence-corrected chi connectivity index (χ4v) is 4.11. The highest BCUT2D eigenvalue weighted by molar-refractivity contribution is 6.03. The van der Waals surface area contributed by atoms with Gasteiger partial charge in [0.2, 0.25) is 5.91 Å². The SMILES string of the molecule is O=C1CCCN1CCCn1cnc2cnc3cc(-c4ccccc4)ccc3c21. The first kappa shape index (κ1) is 16.9. The molecule has 0 N–H and O–H groups in total. The van der Waals surface area contributed by atoms with Gasteiger partial charge in [-0.05, 0) is 30.0 Å². The molecule has 2 aromatic carbocycles. The highest BCUT2D eigenvalue weighted by Gasteiger charge is 2.19. The van der Waals surface area contributed by atoms with Crippen molar-refractivity contribution in [1.29, 1.82) is 0 Å². The summed E-state index contributed by atoms with van der Waals surface area (Å²) < 4.78 is 2.20. The monoisotopic (exact) mass is 370 g/mol. The maximum Gasteiger partial charge on any atom is 0.222 e. The van der Waals surface area contributed by atoms with Crippen LogP contribution in [0.15, 0.2) is 61.1 Å². The number of imidazole rings is 1. The second-order valence-electron chi connectivity index (χ2n) is 7.37. The third kappa shape index (κ3) is 3.03. The minimum absolute atomic E-state index is 0.290. The lowest BCUT2D eigenvalue weighted by molar-refractivity contribution is -0.127. The van der Waals surface area contributed by atoms with Crippen LogP contribution in [0.3, 0.4) is 0 Å². The summed E-state index contributed by atoms with van der Waals surface area (Å²) in [6.45, 7) is 2.57. The summed E-state index contributed by atoms with van der Waals surface area (Å²) in [5.74, 6) is 0.290. The van der Waals surface area contributed by atoms with Gasteiger partial charge in [0.05, 0.1) is 23.6 Å². The van der Waals surface area contributed by atoms with Crippen LogP contribution >= 0.6 is 0 Å². The molecule has 0 radical (unpaired) electrons. The number of benzene rings is 2. The molecule has 5 rings (SSSR count). The third-order valence-corrected chi connectivity index (χ3v) is 5.55. The van der Waals surface area contributed by atoms with Crippen molar-refractivity contribution in [1.82, 2.24) is 19.4 Å². The number of pyridine rings is 1. The first-order chi connectivity index (χ1) is 13.8. The second kappa shape index (κ2) is 7.08. The molecule has 3 heterocycles. The van der Waals surface area contributed by atoms with E-state index < -0.39 is 0 Å². The smallest absolute Gasteiger partial charge is 0.222 e. The first-order valence-corrected chi connectivity index (χ1v) is 9.86. The van der Waals surface area contributed by atoms with Gasteiger partial charge in [-0.15, -0.1) is 0 Å². The molecule has 4 aromatic rings. The molecular formula is C23H22N4O. The Morgan fingerprint density at radius 3 is 2.64 bits per heavy atom. The fourth-order valence-electron chi connectivity index (χ4n) is 4.11. The van der Waals surface area contributed by atoms with Gasteiger partial charge in [-0.3, -0.25) is 9.78 Å². The van der Waals surface area contributed by atoms with Crippen molar-refractivity contribution in [3.63, 3.8) is 0 Å². The molecule has 0 bridgehead atoms. The lowest BCUT2D eigenvalue weighted by Gasteiger charge is -2.15. The van der Waals surface area contributed by atoms with Crippen molar-refractivity contribution in [2.24, 2.45) is 0 Å². The van der Waals surface area contributed by atoms with Crippen LogP contribution in [0.1, 0.15) is 19.3 Å². The molecule has 0 unspecified atom stereocenters. The van der Waals surface area contributed by atoms with Crippen LogP contribution < -0.4 is 0 Å². The number of carbonyl (C=O) groups excluding carboxylic acids is 1. The minimum atomic E-state index is 0.290. The Kier molecular flexibility index (Phi) is 4.28. The number of rotatable bonds is 5. The predicted molar refractivity (Wildman–Crippen MR) is 111 cm³/mol. The Labute approximate surface area is 163 Å². The Hall–Kier alpha value is -3.21. The van der Waals surface area contributed by atoms with E-state index in [9.17, 15) is 4.79 Å². The van der Waals surface area contributed by atoms with Crippen molar-refractivity contribution in [2.45, 2.75) is 25.8 Å². The van der Waals surface area contributed by atoms with Crippen molar-refractivity contribution in [3.8, 4) is 11.1 Å². The molecule has 5 heteroatoms. The Morgan fingerprint density at radius 2 is 1.82 bits per heavy atom. The minimum Gasteiger partial charge on any atom is -0.343 e. The number of carbonyl (C=O) groups is 1. The fraction of sp³-hybridized carbons (Fsp3) is 0.261. The summed E-state index contributed by atoms with van der Waals surface area (Å²) in [4.78, 5) is 22.9. The summed E-state index contributed by atoms with van der Waals surface area (Å²) in [6, 6.07) is 16.8. The Morgan fingerprint density at radius 1 is 0.929 bits per heavy atom. The first-order valence-electron chi connectivity index (χ1n) is 9.86. The van der Waals surface area contributed by atoms with Crippen molar-refractivity contribution < 1.29 is 4.79 Å². The van der Waals surface area contributed by atoms with Crippen LogP contribution in [0.2, 0.25) is 0 Å². The van der Waals surface area contributed by atoms with Gasteiger partial charge in [0.1, 0.15) is 5.52 Å². The number of fused-ring (bicyclic) bond motifs is 3. The van der Waals surface area contributed by atoms with Gasteiger partial charge in [0.15, 0.2) is 0 Å². The van der Waals surface area contributed by atoms with E-state index in [2.05, 4.69) is 57.0 Å². The molecule has 140 valence electrons. The molecule has 1 saturated heterocycles. The third-order valence-electron chi connectivity index (χ3n) is 5.55. The van der Waals surface area contributed by atoms with Gasteiger partial charge in [-0.1, -0.05) is 42.5 Å². The van der Waals surface area contributed by atoms with Gasteiger partial charge in [-0.2, -0.15) is 0 Å². The predicted octanol–water partition coefficient (Wildman–Crippen LogP) is 4.26. The van der Waals surface area contributed by atoms with Gasteiger partial charge in [0, 0.05) is 31.4 Å². The molecule has 1 amide bonds. The molecule has 0 spiro atoms. The zero-order valence-corrected chi connectivity index (χ0v) is 15.7. The van der Waals surface area contributed by atoms with Gasteiger partial charge >= 0.3 is 0 Å². The van der Waals surface area contributed by atoms with E-state index >= 15 is 0 Å². The zero-order chi connectivity index (χ0) is 18.9. The molecule has 2 aromatic heterocycles. The van der Waals surface area contributed by atoms with Crippen LogP contribution in [0.4, 0.5) is 0 Å². The highest BCUT2D eigenvalue weighted by Crippen LogP contribution is 2.28. The van der Waals surface area contributed by atoms with Gasteiger partial charge in [-0.25, -0.2) is 4.98 Å². The Balaban J connectivity index is 1.45. The molecule has 1 aliphatic rings. The lowest BCUT2D eigenvalue weighted by atomic mass is 10.0. The number of amides is 1. The molecule has 0 atom stereocenters. The van der Waals surface area contributed by atoms with Crippen molar-refractivity contribution in [3.05, 3.63) is 61.1 Å². The molecule has 1 fully saturated rings. The van der Waals surface area contributed by atoms with Gasteiger partial charge in [0.25, 0.3) is 0 Å². The van der Waals surface area contributed by atoms with E-state index in [1.807, 2.05) is 23.5 Å². The summed E-state index contributed by atoms with van der Waals surface area (Å²) in [7, 11) is 0. The van der Waals surface area contributed by atoms with Crippen LogP contribution in [0.5, 0.6) is 0 Å². The number of likely N-dealkylation sites (tertiary alicyclic amines) is 1. The van der Waals surface area contributed by atoms with E-state index in [-0.39, 0.29) is 0 Å². The average molecular weight is 370 g/mol. The summed E-state index contributed by atoms with van der Waals surface area (Å²) in [6.07, 6.45) is 6.37. The van der Waals surface area contributed by atoms with E-state index in [0.717, 1.165) is 54.4 Å². The van der Waals surface area contributed by atoms with E-state index in [1.165, 1.54) is 11.1 Å². The van der Waals surface area contributed by atoms with Crippen LogP contribution in [0, 0.1) is 0 Å². The summed E-state index contributed by atoms with van der Waals surface area (Å²) >= 11 is 0. The summed E-state index contributed by atoms with van der Waals surface area (Å²) in [5, 5.41) is 1.12. The number of nitrogens with zero attached hydrogens (tertiary/aromatic N) is 4. The van der Waals surface area contributed by atoms with Crippen molar-refractivity contribution in [2.75, 3.05) is 13.1 Å². The van der Waals surface area contributed by atoms with Crippen LogP contribution in [-0.2, 0) is 11.3 Å².